The van der Waals surface area contributed by atoms with Crippen molar-refractivity contribution in [1.82, 2.24) is 10.3 Å². The molecule has 2 aromatic carbocycles. The fraction of sp³-hybridized carbons (Fsp3) is 0.208. The van der Waals surface area contributed by atoms with Gasteiger partial charge in [0.2, 0.25) is 27.7 Å². The predicted octanol–water partition coefficient (Wildman–Crippen LogP) is 2.51. The highest BCUT2D eigenvalue weighted by Crippen LogP contribution is 2.37. The van der Waals surface area contributed by atoms with Gasteiger partial charge in [0, 0.05) is 31.1 Å². The smallest absolute Gasteiger partial charge is 0.243 e. The van der Waals surface area contributed by atoms with Crippen LogP contribution in [0, 0.1) is 0 Å². The van der Waals surface area contributed by atoms with Crippen LogP contribution in [-0.2, 0) is 32.6 Å². The van der Waals surface area contributed by atoms with Crippen LogP contribution in [-0.4, -0.2) is 31.8 Å². The number of nitrogens with one attached hydrogen (secondary N) is 1. The molecular formula is C24H24N4O5S. The summed E-state index contributed by atoms with van der Waals surface area (Å²) in [5.41, 5.74) is 2.27. The Bertz CT molecular complexity index is 1310. The van der Waals surface area contributed by atoms with Crippen molar-refractivity contribution < 1.29 is 22.7 Å². The molecule has 0 unspecified atom stereocenters. The quantitative estimate of drug-likeness (QED) is 0.534. The zero-order valence-corrected chi connectivity index (χ0v) is 19.1. The second-order valence-corrected chi connectivity index (χ2v) is 9.37. The Labute approximate surface area is 197 Å². The minimum absolute atomic E-state index is 0.0331. The maximum absolute atomic E-state index is 13.0. The van der Waals surface area contributed by atoms with Crippen LogP contribution in [0.25, 0.3) is 0 Å². The van der Waals surface area contributed by atoms with Gasteiger partial charge in [-0.05, 0) is 42.3 Å². The van der Waals surface area contributed by atoms with Crippen LogP contribution >= 0.6 is 0 Å². The lowest BCUT2D eigenvalue weighted by Crippen LogP contribution is -2.32. The third-order valence-corrected chi connectivity index (χ3v) is 6.33. The Morgan fingerprint density at radius 2 is 1.79 bits per heavy atom. The van der Waals surface area contributed by atoms with Crippen LogP contribution in [0.1, 0.15) is 24.0 Å². The van der Waals surface area contributed by atoms with Gasteiger partial charge in [-0.15, -0.1) is 0 Å². The Morgan fingerprint density at radius 1 is 1.03 bits per heavy atom. The van der Waals surface area contributed by atoms with Gasteiger partial charge < -0.3 is 15.0 Å². The SMILES string of the molecule is NS(=O)(=O)c1ccc(CCNC(=O)CCC(=O)N2Cc3ccccc3Oc3ncccc32)cc1. The van der Waals surface area contributed by atoms with Gasteiger partial charge in [0.25, 0.3) is 0 Å². The highest BCUT2D eigenvalue weighted by Gasteiger charge is 2.26. The topological polar surface area (TPSA) is 132 Å². The zero-order valence-electron chi connectivity index (χ0n) is 18.3. The van der Waals surface area contributed by atoms with Crippen LogP contribution in [0.15, 0.2) is 71.8 Å². The number of ether oxygens (including phenoxy) is 1. The fourth-order valence-corrected chi connectivity index (χ4v) is 4.13. The second kappa shape index (κ2) is 10.0. The number of hydrogen-bond donors (Lipinski definition) is 2. The lowest BCUT2D eigenvalue weighted by atomic mass is 10.1. The van der Waals surface area contributed by atoms with E-state index in [1.54, 1.807) is 35.4 Å². The molecule has 4 rings (SSSR count). The van der Waals surface area contributed by atoms with Crippen molar-refractivity contribution in [3.63, 3.8) is 0 Å². The van der Waals surface area contributed by atoms with Gasteiger partial charge >= 0.3 is 0 Å². The summed E-state index contributed by atoms with van der Waals surface area (Å²) in [6, 6.07) is 17.1. The molecule has 1 aromatic heterocycles. The molecule has 0 saturated heterocycles. The minimum atomic E-state index is -3.73. The average Bonchev–Trinajstić information content (AvgIpc) is 2.99. The molecule has 0 saturated carbocycles. The monoisotopic (exact) mass is 480 g/mol. The number of nitrogens with zero attached hydrogens (tertiary/aromatic N) is 2. The molecule has 34 heavy (non-hydrogen) atoms. The third-order valence-electron chi connectivity index (χ3n) is 5.40. The maximum atomic E-state index is 13.0. The number of para-hydroxylation sites is 1. The Kier molecular flexibility index (Phi) is 6.90. The van der Waals surface area contributed by atoms with Gasteiger partial charge in [-0.3, -0.25) is 9.59 Å². The molecule has 1 aliphatic heterocycles. The van der Waals surface area contributed by atoms with Crippen LogP contribution in [0.5, 0.6) is 11.6 Å². The molecule has 10 heteroatoms. The first-order chi connectivity index (χ1) is 16.3. The summed E-state index contributed by atoms with van der Waals surface area (Å²) in [6.07, 6.45) is 2.19. The van der Waals surface area contributed by atoms with Gasteiger partial charge in [0.05, 0.1) is 11.4 Å². The lowest BCUT2D eigenvalue weighted by Gasteiger charge is -2.21. The summed E-state index contributed by atoms with van der Waals surface area (Å²) in [5, 5.41) is 7.88. The molecule has 1 aliphatic rings. The first kappa shape index (κ1) is 23.4. The van der Waals surface area contributed by atoms with Crippen molar-refractivity contribution in [3.8, 4) is 11.6 Å². The molecule has 0 bridgehead atoms. The summed E-state index contributed by atoms with van der Waals surface area (Å²) < 4.78 is 28.5. The Balaban J connectivity index is 1.32. The number of benzene rings is 2. The first-order valence-electron chi connectivity index (χ1n) is 10.7. The molecule has 3 N–H and O–H groups in total. The van der Waals surface area contributed by atoms with E-state index in [-0.39, 0.29) is 29.6 Å². The molecule has 0 aliphatic carbocycles. The number of anilines is 1. The lowest BCUT2D eigenvalue weighted by molar-refractivity contribution is -0.125. The van der Waals surface area contributed by atoms with Crippen molar-refractivity contribution in [2.45, 2.75) is 30.7 Å². The van der Waals surface area contributed by atoms with Crippen molar-refractivity contribution >= 4 is 27.5 Å². The van der Waals surface area contributed by atoms with E-state index in [0.717, 1.165) is 11.1 Å². The van der Waals surface area contributed by atoms with Gasteiger partial charge in [0.1, 0.15) is 11.4 Å². The molecule has 0 radical (unpaired) electrons. The van der Waals surface area contributed by atoms with Gasteiger partial charge in [0.15, 0.2) is 0 Å². The largest absolute Gasteiger partial charge is 0.437 e. The number of nitrogens with two attached hydrogens (primary N) is 1. The number of amides is 2. The molecule has 0 fully saturated rings. The second-order valence-electron chi connectivity index (χ2n) is 7.81. The normalized spacial score (nSPS) is 12.7. The minimum Gasteiger partial charge on any atom is -0.437 e. The van der Waals surface area contributed by atoms with E-state index in [9.17, 15) is 18.0 Å². The van der Waals surface area contributed by atoms with Crippen LogP contribution in [0.3, 0.4) is 0 Å². The number of sulfonamides is 1. The maximum Gasteiger partial charge on any atom is 0.243 e. The number of fused-ring (bicyclic) bond motifs is 2. The zero-order chi connectivity index (χ0) is 24.1. The highest BCUT2D eigenvalue weighted by atomic mass is 32.2. The third kappa shape index (κ3) is 5.59. The van der Waals surface area contributed by atoms with Gasteiger partial charge in [-0.1, -0.05) is 30.3 Å². The number of rotatable bonds is 7. The number of carbonyl (C=O) groups excluding carboxylic acids is 2. The van der Waals surface area contributed by atoms with Crippen molar-refractivity contribution in [1.29, 1.82) is 0 Å². The molecule has 9 nitrogen and oxygen atoms in total. The Morgan fingerprint density at radius 3 is 2.56 bits per heavy atom. The van der Waals surface area contributed by atoms with Gasteiger partial charge in [-0.2, -0.15) is 0 Å². The number of pyridine rings is 1. The molecule has 0 atom stereocenters. The van der Waals surface area contributed by atoms with E-state index >= 15 is 0 Å². The Hall–Kier alpha value is -3.76. The van der Waals surface area contributed by atoms with E-state index < -0.39 is 10.0 Å². The summed E-state index contributed by atoms with van der Waals surface area (Å²) >= 11 is 0. The van der Waals surface area contributed by atoms with E-state index in [0.29, 0.717) is 36.8 Å². The summed E-state index contributed by atoms with van der Waals surface area (Å²) in [7, 11) is -3.73. The van der Waals surface area contributed by atoms with Crippen molar-refractivity contribution in [2.75, 3.05) is 11.4 Å². The molecule has 2 heterocycles. The predicted molar refractivity (Wildman–Crippen MR) is 126 cm³/mol. The van der Waals surface area contributed by atoms with E-state index in [2.05, 4.69) is 10.3 Å². The fourth-order valence-electron chi connectivity index (χ4n) is 3.62. The number of hydrogen-bond acceptors (Lipinski definition) is 6. The van der Waals surface area contributed by atoms with E-state index in [4.69, 9.17) is 9.88 Å². The highest BCUT2D eigenvalue weighted by molar-refractivity contribution is 7.89. The van der Waals surface area contributed by atoms with E-state index in [1.165, 1.54) is 12.1 Å². The molecule has 2 amide bonds. The summed E-state index contributed by atoms with van der Waals surface area (Å²) in [4.78, 5) is 31.2. The first-order valence-corrected chi connectivity index (χ1v) is 12.3. The van der Waals surface area contributed by atoms with Gasteiger partial charge in [-0.25, -0.2) is 18.5 Å². The van der Waals surface area contributed by atoms with Crippen molar-refractivity contribution in [3.05, 3.63) is 78.0 Å². The van der Waals surface area contributed by atoms with E-state index in [1.807, 2.05) is 24.3 Å². The number of aromatic nitrogens is 1. The number of primary sulfonamides is 1. The molecular weight excluding hydrogens is 456 g/mol. The average molecular weight is 481 g/mol. The van der Waals surface area contributed by atoms with Crippen LogP contribution < -0.4 is 20.1 Å². The summed E-state index contributed by atoms with van der Waals surface area (Å²) in [6.45, 7) is 0.684. The molecule has 3 aromatic rings. The van der Waals surface area contributed by atoms with Crippen molar-refractivity contribution in [2.24, 2.45) is 5.14 Å². The standard InChI is InChI=1S/C24H24N4O5S/c25-34(31,32)19-9-7-17(8-10-19)13-15-26-22(29)11-12-23(30)28-16-18-4-1-2-6-21(18)33-24-20(28)5-3-14-27-24/h1-10,14H,11-13,15-16H2,(H,26,29)(H2,25,31,32). The summed E-state index contributed by atoms with van der Waals surface area (Å²) in [5.74, 6) is 0.543. The van der Waals surface area contributed by atoms with Crippen LogP contribution in [0.2, 0.25) is 0 Å². The molecule has 0 spiro atoms. The van der Waals surface area contributed by atoms with Crippen LogP contribution in [0.4, 0.5) is 5.69 Å². The number of carbonyl (C=O) groups is 2. The molecule has 176 valence electrons.